The Balaban J connectivity index is 1.69. The summed E-state index contributed by atoms with van der Waals surface area (Å²) in [5, 5.41) is 0. The molecule has 0 aromatic heterocycles. The summed E-state index contributed by atoms with van der Waals surface area (Å²) in [6, 6.07) is 21.3. The van der Waals surface area contributed by atoms with E-state index in [4.69, 9.17) is 0 Å². The van der Waals surface area contributed by atoms with E-state index < -0.39 is 0 Å². The van der Waals surface area contributed by atoms with E-state index in [1.807, 2.05) is 0 Å². The summed E-state index contributed by atoms with van der Waals surface area (Å²) in [4.78, 5) is 15.4. The minimum absolute atomic E-state index is 0.0603. The molecule has 0 amide bonds. The van der Waals surface area contributed by atoms with Crippen molar-refractivity contribution in [2.75, 3.05) is 13.1 Å². The van der Waals surface area contributed by atoms with Crippen molar-refractivity contribution < 1.29 is 4.79 Å². The Hall–Kier alpha value is -1.93. The Morgan fingerprint density at radius 3 is 2.13 bits per heavy atom. The number of benzene rings is 2. The number of piperidine rings is 3. The van der Waals surface area contributed by atoms with Gasteiger partial charge in [0.25, 0.3) is 0 Å². The summed E-state index contributed by atoms with van der Waals surface area (Å²) < 4.78 is 0. The fourth-order valence-corrected chi connectivity index (χ4v) is 4.32. The molecule has 0 N–H and O–H groups in total. The van der Waals surface area contributed by atoms with Crippen LogP contribution in [0.25, 0.3) is 0 Å². The molecular weight excluding hydrogens is 282 g/mol. The van der Waals surface area contributed by atoms with Gasteiger partial charge in [-0.1, -0.05) is 60.7 Å². The first-order valence-electron chi connectivity index (χ1n) is 8.69. The highest BCUT2D eigenvalue weighted by Crippen LogP contribution is 2.37. The molecule has 0 saturated carbocycles. The van der Waals surface area contributed by atoms with Crippen LogP contribution >= 0.6 is 0 Å². The van der Waals surface area contributed by atoms with Crippen LogP contribution < -0.4 is 0 Å². The molecule has 3 aliphatic rings. The van der Waals surface area contributed by atoms with E-state index in [1.54, 1.807) is 0 Å². The number of hydrogen-bond acceptors (Lipinski definition) is 2. The van der Waals surface area contributed by atoms with Gasteiger partial charge in [-0.05, 0) is 43.5 Å². The predicted molar refractivity (Wildman–Crippen MR) is 92.4 cm³/mol. The Kier molecular flexibility index (Phi) is 4.00. The number of carbonyl (C=O) groups is 1. The van der Waals surface area contributed by atoms with E-state index >= 15 is 0 Å². The van der Waals surface area contributed by atoms with Gasteiger partial charge in [0.2, 0.25) is 0 Å². The second-order valence-corrected chi connectivity index (χ2v) is 6.86. The monoisotopic (exact) mass is 305 g/mol. The minimum Gasteiger partial charge on any atom is -0.298 e. The number of hydrogen-bond donors (Lipinski definition) is 0. The molecule has 23 heavy (non-hydrogen) atoms. The van der Waals surface area contributed by atoms with Crippen molar-refractivity contribution in [2.45, 2.75) is 31.2 Å². The van der Waals surface area contributed by atoms with Crippen LogP contribution in [0.1, 0.15) is 29.9 Å². The van der Waals surface area contributed by atoms with Crippen molar-refractivity contribution in [1.29, 1.82) is 0 Å². The number of fused-ring (bicyclic) bond motifs is 3. The van der Waals surface area contributed by atoms with Gasteiger partial charge in [-0.3, -0.25) is 9.69 Å². The number of ketones is 1. The van der Waals surface area contributed by atoms with Crippen LogP contribution in [0, 0.1) is 5.92 Å². The van der Waals surface area contributed by atoms with Crippen LogP contribution in [0.3, 0.4) is 0 Å². The van der Waals surface area contributed by atoms with Crippen LogP contribution in [0.2, 0.25) is 0 Å². The van der Waals surface area contributed by atoms with Crippen molar-refractivity contribution in [3.8, 4) is 0 Å². The maximum Gasteiger partial charge on any atom is 0.153 e. The number of nitrogens with zero attached hydrogens (tertiary/aromatic N) is 1. The van der Waals surface area contributed by atoms with Gasteiger partial charge in [0, 0.05) is 11.8 Å². The molecule has 0 spiro atoms. The lowest BCUT2D eigenvalue weighted by molar-refractivity contribution is -0.138. The van der Waals surface area contributed by atoms with Crippen molar-refractivity contribution in [3.05, 3.63) is 71.8 Å². The third kappa shape index (κ3) is 2.84. The average molecular weight is 305 g/mol. The lowest BCUT2D eigenvalue weighted by Crippen LogP contribution is -2.57. The summed E-state index contributed by atoms with van der Waals surface area (Å²) in [5.74, 6) is 1.04. The maximum absolute atomic E-state index is 13.0. The number of Topliss-reactive ketones (excluding diaryl/α,β-unsaturated/α-hetero) is 1. The largest absolute Gasteiger partial charge is 0.298 e. The zero-order chi connectivity index (χ0) is 15.6. The highest BCUT2D eigenvalue weighted by molar-refractivity contribution is 5.89. The van der Waals surface area contributed by atoms with E-state index in [2.05, 4.69) is 65.6 Å². The molecule has 0 radical (unpaired) electrons. The van der Waals surface area contributed by atoms with Crippen LogP contribution in [-0.4, -0.2) is 29.8 Å². The maximum atomic E-state index is 13.0. The van der Waals surface area contributed by atoms with Gasteiger partial charge in [0.05, 0.1) is 6.04 Å². The fraction of sp³-hybridized carbons (Fsp3) is 0.381. The van der Waals surface area contributed by atoms with Crippen molar-refractivity contribution >= 4 is 5.78 Å². The van der Waals surface area contributed by atoms with E-state index in [9.17, 15) is 4.79 Å². The fourth-order valence-electron chi connectivity index (χ4n) is 4.32. The quantitative estimate of drug-likeness (QED) is 0.859. The Labute approximate surface area is 138 Å². The zero-order valence-electron chi connectivity index (χ0n) is 13.4. The van der Waals surface area contributed by atoms with Gasteiger partial charge in [0.1, 0.15) is 0 Å². The molecular formula is C21H23NO. The molecule has 2 aromatic carbocycles. The third-order valence-corrected chi connectivity index (χ3v) is 5.52. The van der Waals surface area contributed by atoms with Crippen LogP contribution in [0.5, 0.6) is 0 Å². The summed E-state index contributed by atoms with van der Waals surface area (Å²) in [7, 11) is 0. The first-order chi connectivity index (χ1) is 11.3. The molecule has 3 fully saturated rings. The topological polar surface area (TPSA) is 20.3 Å². The van der Waals surface area contributed by atoms with Crippen molar-refractivity contribution in [3.63, 3.8) is 0 Å². The van der Waals surface area contributed by atoms with Crippen molar-refractivity contribution in [1.82, 2.24) is 4.90 Å². The standard InChI is InChI=1S/C21H23NO/c23-21-18-11-13-22(14-12-18)20(21)19(17-9-5-2-6-10-17)15-16-7-3-1-4-8-16/h1-10,18-20H,11-15H2. The average Bonchev–Trinajstić information content (AvgIpc) is 2.63. The molecule has 2 bridgehead atoms. The van der Waals surface area contributed by atoms with E-state index in [0.29, 0.717) is 11.7 Å². The molecule has 118 valence electrons. The van der Waals surface area contributed by atoms with E-state index in [0.717, 1.165) is 32.4 Å². The molecule has 3 saturated heterocycles. The Bertz CT molecular complexity index is 659. The van der Waals surface area contributed by atoms with Gasteiger partial charge in [-0.15, -0.1) is 0 Å². The second kappa shape index (κ2) is 6.29. The lowest BCUT2D eigenvalue weighted by atomic mass is 9.73. The predicted octanol–water partition coefficient (Wildman–Crippen LogP) is 3.68. The first-order valence-corrected chi connectivity index (χ1v) is 8.69. The summed E-state index contributed by atoms with van der Waals surface area (Å²) in [6.07, 6.45) is 3.05. The molecule has 2 heteroatoms. The number of rotatable bonds is 4. The Morgan fingerprint density at radius 2 is 1.52 bits per heavy atom. The second-order valence-electron chi connectivity index (χ2n) is 6.86. The summed E-state index contributed by atoms with van der Waals surface area (Å²) >= 11 is 0. The highest BCUT2D eigenvalue weighted by Gasteiger charge is 2.44. The van der Waals surface area contributed by atoms with Gasteiger partial charge in [-0.25, -0.2) is 0 Å². The first kappa shape index (κ1) is 14.6. The normalized spacial score (nSPS) is 27.8. The minimum atomic E-state index is 0.0603. The van der Waals surface area contributed by atoms with Crippen LogP contribution in [0.15, 0.2) is 60.7 Å². The van der Waals surface area contributed by atoms with E-state index in [1.165, 1.54) is 11.1 Å². The van der Waals surface area contributed by atoms with Gasteiger partial charge >= 0.3 is 0 Å². The smallest absolute Gasteiger partial charge is 0.153 e. The van der Waals surface area contributed by atoms with Crippen LogP contribution in [-0.2, 0) is 11.2 Å². The highest BCUT2D eigenvalue weighted by atomic mass is 16.1. The Morgan fingerprint density at radius 1 is 0.913 bits per heavy atom. The molecule has 2 nitrogen and oxygen atoms in total. The molecule has 2 aromatic rings. The molecule has 3 aliphatic heterocycles. The summed E-state index contributed by atoms with van der Waals surface area (Å²) in [5.41, 5.74) is 2.61. The van der Waals surface area contributed by atoms with E-state index in [-0.39, 0.29) is 12.0 Å². The molecule has 5 rings (SSSR count). The zero-order valence-corrected chi connectivity index (χ0v) is 13.4. The third-order valence-electron chi connectivity index (χ3n) is 5.52. The van der Waals surface area contributed by atoms with Gasteiger partial charge in [0.15, 0.2) is 5.78 Å². The van der Waals surface area contributed by atoms with Crippen LogP contribution in [0.4, 0.5) is 0 Å². The number of carbonyl (C=O) groups excluding carboxylic acids is 1. The lowest BCUT2D eigenvalue weighted by Gasteiger charge is -2.47. The SMILES string of the molecule is O=C1C2CCN(CC2)C1C(Cc1ccccc1)c1ccccc1. The van der Waals surface area contributed by atoms with Gasteiger partial charge < -0.3 is 0 Å². The molecule has 2 unspecified atom stereocenters. The summed E-state index contributed by atoms with van der Waals surface area (Å²) in [6.45, 7) is 2.17. The molecule has 0 aliphatic carbocycles. The molecule has 3 heterocycles. The van der Waals surface area contributed by atoms with Crippen molar-refractivity contribution in [2.24, 2.45) is 5.92 Å². The van der Waals surface area contributed by atoms with Gasteiger partial charge in [-0.2, -0.15) is 0 Å². The molecule has 2 atom stereocenters.